The maximum Gasteiger partial charge on any atom is 0.236 e. The van der Waals surface area contributed by atoms with Crippen LogP contribution in [0.15, 0.2) is 51.9 Å². The molecule has 108 valence electrons. The average Bonchev–Trinajstić information content (AvgIpc) is 3.19. The third-order valence-electron chi connectivity index (χ3n) is 2.59. The van der Waals surface area contributed by atoms with Gasteiger partial charge in [-0.05, 0) is 12.1 Å². The summed E-state index contributed by atoms with van der Waals surface area (Å²) in [4.78, 5) is 20.1. The molecule has 0 radical (unpaired) electrons. The minimum atomic E-state index is -0.0949. The molecule has 0 fully saturated rings. The molecule has 3 rings (SSSR count). The van der Waals surface area contributed by atoms with Crippen molar-refractivity contribution in [2.45, 2.75) is 11.7 Å². The molecule has 3 aromatic rings. The Balaban J connectivity index is 1.56. The Morgan fingerprint density at radius 2 is 2.38 bits per heavy atom. The van der Waals surface area contributed by atoms with Crippen LogP contribution in [0.25, 0.3) is 0 Å². The molecule has 8 heteroatoms. The fourth-order valence-electron chi connectivity index (χ4n) is 1.70. The van der Waals surface area contributed by atoms with E-state index in [-0.39, 0.29) is 11.7 Å². The number of carbonyl (C=O) groups excluding carboxylic acids is 1. The number of thioether (sulfide) groups is 1. The fraction of sp³-hybridized carbons (Fsp3) is 0.154. The first-order valence-corrected chi connectivity index (χ1v) is 8.03. The predicted octanol–water partition coefficient (Wildman–Crippen LogP) is 2.71. The van der Waals surface area contributed by atoms with E-state index in [4.69, 9.17) is 4.42 Å². The van der Waals surface area contributed by atoms with Crippen LogP contribution in [0.4, 0.5) is 5.13 Å². The minimum absolute atomic E-state index is 0.0949. The zero-order valence-corrected chi connectivity index (χ0v) is 12.6. The number of hydrogen-bond acceptors (Lipinski definition) is 6. The highest BCUT2D eigenvalue weighted by Crippen LogP contribution is 2.18. The van der Waals surface area contributed by atoms with Gasteiger partial charge in [0.2, 0.25) is 5.91 Å². The molecule has 6 nitrogen and oxygen atoms in total. The van der Waals surface area contributed by atoms with Crippen LogP contribution >= 0.6 is 23.1 Å². The van der Waals surface area contributed by atoms with E-state index >= 15 is 0 Å². The van der Waals surface area contributed by atoms with E-state index in [0.717, 1.165) is 10.9 Å². The highest BCUT2D eigenvalue weighted by atomic mass is 32.2. The summed E-state index contributed by atoms with van der Waals surface area (Å²) in [6, 6.07) is 3.75. The van der Waals surface area contributed by atoms with Gasteiger partial charge in [0.1, 0.15) is 5.76 Å². The van der Waals surface area contributed by atoms with Gasteiger partial charge < -0.3 is 14.3 Å². The van der Waals surface area contributed by atoms with Crippen LogP contribution in [0.5, 0.6) is 0 Å². The second-order valence-electron chi connectivity index (χ2n) is 4.09. The maximum atomic E-state index is 11.8. The van der Waals surface area contributed by atoms with Crippen molar-refractivity contribution < 1.29 is 9.21 Å². The number of carbonyl (C=O) groups is 1. The Morgan fingerprint density at radius 3 is 3.14 bits per heavy atom. The van der Waals surface area contributed by atoms with Crippen LogP contribution < -0.4 is 5.32 Å². The molecule has 0 unspecified atom stereocenters. The van der Waals surface area contributed by atoms with Crippen molar-refractivity contribution >= 4 is 34.1 Å². The molecule has 0 aliphatic rings. The number of nitrogens with one attached hydrogen (secondary N) is 1. The van der Waals surface area contributed by atoms with Crippen molar-refractivity contribution in [3.63, 3.8) is 0 Å². The molecule has 3 heterocycles. The second kappa shape index (κ2) is 6.59. The molecule has 0 aromatic carbocycles. The Bertz CT molecular complexity index is 692. The molecular weight excluding hydrogens is 308 g/mol. The molecule has 0 aliphatic carbocycles. The molecule has 0 bridgehead atoms. The Morgan fingerprint density at radius 1 is 1.43 bits per heavy atom. The molecule has 0 saturated heterocycles. The normalized spacial score (nSPS) is 10.7. The average molecular weight is 320 g/mol. The molecule has 0 aliphatic heterocycles. The van der Waals surface area contributed by atoms with Gasteiger partial charge in [0.15, 0.2) is 10.3 Å². The first-order chi connectivity index (χ1) is 10.3. The van der Waals surface area contributed by atoms with E-state index in [1.807, 2.05) is 28.3 Å². The number of rotatable bonds is 6. The third-order valence-corrected chi connectivity index (χ3v) is 4.29. The third kappa shape index (κ3) is 3.73. The Labute approximate surface area is 129 Å². The number of nitrogens with zero attached hydrogens (tertiary/aromatic N) is 3. The molecule has 0 saturated carbocycles. The summed E-state index contributed by atoms with van der Waals surface area (Å²) in [5, 5.41) is 5.95. The predicted molar refractivity (Wildman–Crippen MR) is 81.5 cm³/mol. The largest absolute Gasteiger partial charge is 0.467 e. The van der Waals surface area contributed by atoms with E-state index in [1.54, 1.807) is 18.7 Å². The standard InChI is InChI=1S/C13H12N4O2S2/c18-11(16-12-14-4-7-20-12)9-21-13-15-3-5-17(13)8-10-2-1-6-19-10/h1-7H,8-9H2,(H,14,16,18). The summed E-state index contributed by atoms with van der Waals surface area (Å²) in [7, 11) is 0. The summed E-state index contributed by atoms with van der Waals surface area (Å²) >= 11 is 2.78. The van der Waals surface area contributed by atoms with Crippen LogP contribution in [0.3, 0.4) is 0 Å². The van der Waals surface area contributed by atoms with E-state index in [9.17, 15) is 4.79 Å². The first kappa shape index (κ1) is 13.9. The number of thiazole rings is 1. The van der Waals surface area contributed by atoms with Gasteiger partial charge in [-0.2, -0.15) is 0 Å². The monoisotopic (exact) mass is 320 g/mol. The molecular formula is C13H12N4O2S2. The molecule has 21 heavy (non-hydrogen) atoms. The molecule has 1 N–H and O–H groups in total. The lowest BCUT2D eigenvalue weighted by molar-refractivity contribution is -0.113. The van der Waals surface area contributed by atoms with Crippen molar-refractivity contribution in [3.05, 3.63) is 48.1 Å². The van der Waals surface area contributed by atoms with E-state index < -0.39 is 0 Å². The number of aromatic nitrogens is 3. The van der Waals surface area contributed by atoms with Crippen molar-refractivity contribution in [1.82, 2.24) is 14.5 Å². The quantitative estimate of drug-likeness (QED) is 0.707. The van der Waals surface area contributed by atoms with Gasteiger partial charge in [0.25, 0.3) is 0 Å². The lowest BCUT2D eigenvalue weighted by Crippen LogP contribution is -2.14. The highest BCUT2D eigenvalue weighted by Gasteiger charge is 2.10. The van der Waals surface area contributed by atoms with Crippen LogP contribution in [0.2, 0.25) is 0 Å². The van der Waals surface area contributed by atoms with Gasteiger partial charge in [-0.3, -0.25) is 4.79 Å². The zero-order chi connectivity index (χ0) is 14.5. The number of furan rings is 1. The number of amides is 1. The van der Waals surface area contributed by atoms with Gasteiger partial charge >= 0.3 is 0 Å². The summed E-state index contributed by atoms with van der Waals surface area (Å²) in [6.45, 7) is 0.601. The Kier molecular flexibility index (Phi) is 4.37. The van der Waals surface area contributed by atoms with Crippen LogP contribution in [-0.2, 0) is 11.3 Å². The van der Waals surface area contributed by atoms with Crippen LogP contribution in [0.1, 0.15) is 5.76 Å². The SMILES string of the molecule is O=C(CSc1nccn1Cc1ccco1)Nc1nccs1. The topological polar surface area (TPSA) is 73.0 Å². The molecule has 0 spiro atoms. The minimum Gasteiger partial charge on any atom is -0.467 e. The van der Waals surface area contributed by atoms with Crippen molar-refractivity contribution in [2.24, 2.45) is 0 Å². The molecule has 1 amide bonds. The number of anilines is 1. The van der Waals surface area contributed by atoms with E-state index in [1.165, 1.54) is 23.1 Å². The summed E-state index contributed by atoms with van der Waals surface area (Å²) in [5.41, 5.74) is 0. The zero-order valence-electron chi connectivity index (χ0n) is 10.9. The van der Waals surface area contributed by atoms with Gasteiger partial charge in [-0.25, -0.2) is 9.97 Å². The maximum absolute atomic E-state index is 11.8. The van der Waals surface area contributed by atoms with Crippen molar-refractivity contribution in [2.75, 3.05) is 11.1 Å². The van der Waals surface area contributed by atoms with Crippen molar-refractivity contribution in [1.29, 1.82) is 0 Å². The van der Waals surface area contributed by atoms with Gasteiger partial charge in [-0.1, -0.05) is 11.8 Å². The van der Waals surface area contributed by atoms with Gasteiger partial charge in [0, 0.05) is 24.0 Å². The second-order valence-corrected chi connectivity index (χ2v) is 5.93. The smallest absolute Gasteiger partial charge is 0.236 e. The lowest BCUT2D eigenvalue weighted by atomic mass is 10.4. The van der Waals surface area contributed by atoms with Gasteiger partial charge in [-0.15, -0.1) is 11.3 Å². The molecule has 0 atom stereocenters. The highest BCUT2D eigenvalue weighted by molar-refractivity contribution is 7.99. The summed E-state index contributed by atoms with van der Waals surface area (Å²) in [5.74, 6) is 1.04. The van der Waals surface area contributed by atoms with E-state index in [2.05, 4.69) is 15.3 Å². The van der Waals surface area contributed by atoms with Crippen LogP contribution in [0, 0.1) is 0 Å². The summed E-state index contributed by atoms with van der Waals surface area (Å²) in [6.07, 6.45) is 6.87. The van der Waals surface area contributed by atoms with Crippen molar-refractivity contribution in [3.8, 4) is 0 Å². The Hall–Kier alpha value is -2.06. The first-order valence-electron chi connectivity index (χ1n) is 6.17. The fourth-order valence-corrected chi connectivity index (χ4v) is 3.00. The van der Waals surface area contributed by atoms with Crippen LogP contribution in [-0.4, -0.2) is 26.2 Å². The van der Waals surface area contributed by atoms with Gasteiger partial charge in [0.05, 0.1) is 18.6 Å². The number of hydrogen-bond donors (Lipinski definition) is 1. The lowest BCUT2D eigenvalue weighted by Gasteiger charge is -2.05. The molecule has 3 aromatic heterocycles. The summed E-state index contributed by atoms with van der Waals surface area (Å²) < 4.78 is 7.26. The number of imidazole rings is 1. The van der Waals surface area contributed by atoms with E-state index in [0.29, 0.717) is 11.7 Å².